The van der Waals surface area contributed by atoms with E-state index >= 15 is 0 Å². The smallest absolute Gasteiger partial charge is 0.323 e. The number of aryl methyl sites for hydroxylation is 1. The van der Waals surface area contributed by atoms with E-state index in [9.17, 15) is 4.79 Å². The molecule has 0 bridgehead atoms. The molecule has 1 N–H and O–H groups in total. The predicted octanol–water partition coefficient (Wildman–Crippen LogP) is 6.94. The van der Waals surface area contributed by atoms with Gasteiger partial charge in [0.2, 0.25) is 0 Å². The molecular formula is C30H36Cl2N4O3S. The summed E-state index contributed by atoms with van der Waals surface area (Å²) in [4.78, 5) is 22.4. The van der Waals surface area contributed by atoms with Crippen LogP contribution in [0.15, 0.2) is 82.6 Å². The number of urea groups is 1. The second-order valence-corrected chi connectivity index (χ2v) is 10.3. The Morgan fingerprint density at radius 2 is 1.62 bits per heavy atom. The van der Waals surface area contributed by atoms with Crippen LogP contribution in [-0.2, 0) is 4.74 Å². The summed E-state index contributed by atoms with van der Waals surface area (Å²) in [6.45, 7) is 7.25. The second-order valence-electron chi connectivity index (χ2n) is 9.48. The lowest BCUT2D eigenvalue weighted by Gasteiger charge is -2.31. The van der Waals surface area contributed by atoms with E-state index in [-0.39, 0.29) is 36.8 Å². The van der Waals surface area contributed by atoms with Gasteiger partial charge in [0.1, 0.15) is 11.5 Å². The summed E-state index contributed by atoms with van der Waals surface area (Å²) in [7, 11) is 0. The fourth-order valence-electron chi connectivity index (χ4n) is 4.77. The molecule has 10 heteroatoms. The van der Waals surface area contributed by atoms with Crippen LogP contribution in [0.2, 0.25) is 0 Å². The number of amides is 2. The van der Waals surface area contributed by atoms with Crippen molar-refractivity contribution in [3.8, 4) is 11.5 Å². The molecule has 1 fully saturated rings. The van der Waals surface area contributed by atoms with Crippen molar-refractivity contribution in [2.24, 2.45) is 0 Å². The first-order valence-corrected chi connectivity index (χ1v) is 14.0. The van der Waals surface area contributed by atoms with Gasteiger partial charge in [0.05, 0.1) is 13.2 Å². The fourth-order valence-corrected chi connectivity index (χ4v) is 5.46. The summed E-state index contributed by atoms with van der Waals surface area (Å²) in [6.07, 6.45) is 0.819. The minimum absolute atomic E-state index is 0. The molecule has 2 amide bonds. The molecule has 40 heavy (non-hydrogen) atoms. The van der Waals surface area contributed by atoms with Crippen LogP contribution in [0.3, 0.4) is 0 Å². The number of benzene rings is 2. The van der Waals surface area contributed by atoms with E-state index in [2.05, 4.69) is 63.7 Å². The van der Waals surface area contributed by atoms with E-state index in [1.54, 1.807) is 0 Å². The minimum atomic E-state index is -0.130. The Bertz CT molecular complexity index is 1260. The molecule has 0 saturated carbocycles. The quantitative estimate of drug-likeness (QED) is 0.213. The number of nitrogens with zero attached hydrogens (tertiary/aromatic N) is 3. The lowest BCUT2D eigenvalue weighted by atomic mass is 9.88. The zero-order valence-corrected chi connectivity index (χ0v) is 25.0. The molecule has 1 aliphatic heterocycles. The molecule has 3 heterocycles. The van der Waals surface area contributed by atoms with Crippen LogP contribution >= 0.6 is 36.2 Å². The molecule has 0 radical (unpaired) electrons. The number of rotatable bonds is 10. The maximum absolute atomic E-state index is 13.5. The average Bonchev–Trinajstić information content (AvgIpc) is 3.61. The molecule has 214 valence electrons. The van der Waals surface area contributed by atoms with E-state index in [0.717, 1.165) is 50.7 Å². The Hall–Kier alpha value is -2.88. The number of aromatic nitrogens is 1. The van der Waals surface area contributed by atoms with Gasteiger partial charge in [-0.15, -0.1) is 36.2 Å². The first-order valence-electron chi connectivity index (χ1n) is 13.1. The van der Waals surface area contributed by atoms with Crippen molar-refractivity contribution < 1.29 is 13.9 Å². The van der Waals surface area contributed by atoms with Gasteiger partial charge in [0.25, 0.3) is 0 Å². The van der Waals surface area contributed by atoms with Gasteiger partial charge in [-0.2, -0.15) is 0 Å². The summed E-state index contributed by atoms with van der Waals surface area (Å²) in [6, 6.07) is 24.8. The first kappa shape index (κ1) is 31.6. The second kappa shape index (κ2) is 15.8. The van der Waals surface area contributed by atoms with Crippen LogP contribution in [-0.4, -0.2) is 66.8 Å². The maximum atomic E-state index is 13.5. The first-order chi connectivity index (χ1) is 18.7. The van der Waals surface area contributed by atoms with Crippen LogP contribution < -0.4 is 5.32 Å². The zero-order valence-electron chi connectivity index (χ0n) is 22.5. The number of ether oxygens (including phenoxy) is 1. The van der Waals surface area contributed by atoms with Gasteiger partial charge in [0.15, 0.2) is 10.9 Å². The number of hydrogen-bond donors (Lipinski definition) is 1. The van der Waals surface area contributed by atoms with E-state index in [1.165, 1.54) is 22.5 Å². The number of morpholine rings is 1. The number of carbonyl (C=O) groups excluding carboxylic acids is 1. The standard InChI is InChI=1S/C30H34N4O3S.2ClH/c1-23-12-13-28(37-23)27-22-38-29(31-27)32-30(35)34(17-16-33-18-20-36-21-19-33)15-14-26(24-8-4-2-5-9-24)25-10-6-3-7-11-25;;/h2-13,22,26H,14-21H2,1H3,(H,31,32,35);2*1H. The third-order valence-corrected chi connectivity index (χ3v) is 7.64. The van der Waals surface area contributed by atoms with Crippen LogP contribution in [0.25, 0.3) is 11.5 Å². The summed E-state index contributed by atoms with van der Waals surface area (Å²) in [5.74, 6) is 1.74. The van der Waals surface area contributed by atoms with Crippen molar-refractivity contribution in [3.05, 3.63) is 95.1 Å². The molecule has 0 atom stereocenters. The van der Waals surface area contributed by atoms with E-state index < -0.39 is 0 Å². The molecule has 1 aliphatic rings. The van der Waals surface area contributed by atoms with Gasteiger partial charge in [-0.25, -0.2) is 9.78 Å². The van der Waals surface area contributed by atoms with Crippen LogP contribution in [0.1, 0.15) is 29.2 Å². The molecule has 1 saturated heterocycles. The Balaban J connectivity index is 0.00000220. The topological polar surface area (TPSA) is 70.8 Å². The molecule has 0 spiro atoms. The summed E-state index contributed by atoms with van der Waals surface area (Å²) >= 11 is 1.41. The summed E-state index contributed by atoms with van der Waals surface area (Å²) < 4.78 is 11.2. The Kier molecular flexibility index (Phi) is 12.5. The van der Waals surface area contributed by atoms with Crippen molar-refractivity contribution in [2.75, 3.05) is 51.3 Å². The summed E-state index contributed by atoms with van der Waals surface area (Å²) in [5, 5.41) is 5.52. The normalized spacial score (nSPS) is 13.3. The van der Waals surface area contributed by atoms with E-state index in [4.69, 9.17) is 9.15 Å². The maximum Gasteiger partial charge on any atom is 0.323 e. The molecule has 5 rings (SSSR count). The number of halogens is 2. The average molecular weight is 604 g/mol. The van der Waals surface area contributed by atoms with Gasteiger partial charge < -0.3 is 14.1 Å². The number of nitrogens with one attached hydrogen (secondary N) is 1. The van der Waals surface area contributed by atoms with E-state index in [0.29, 0.717) is 24.0 Å². The highest BCUT2D eigenvalue weighted by Crippen LogP contribution is 2.29. The van der Waals surface area contributed by atoms with Crippen LogP contribution in [0.5, 0.6) is 0 Å². The monoisotopic (exact) mass is 602 g/mol. The van der Waals surface area contributed by atoms with Crippen molar-refractivity contribution in [2.45, 2.75) is 19.3 Å². The van der Waals surface area contributed by atoms with Crippen molar-refractivity contribution in [1.82, 2.24) is 14.8 Å². The fraction of sp³-hybridized carbons (Fsp3) is 0.333. The number of hydrogen-bond acceptors (Lipinski definition) is 6. The highest BCUT2D eigenvalue weighted by atomic mass is 35.5. The predicted molar refractivity (Wildman–Crippen MR) is 166 cm³/mol. The van der Waals surface area contributed by atoms with Gasteiger partial charge >= 0.3 is 6.03 Å². The molecule has 2 aromatic carbocycles. The third-order valence-electron chi connectivity index (χ3n) is 6.88. The van der Waals surface area contributed by atoms with Gasteiger partial charge in [0, 0.05) is 44.0 Å². The Labute approximate surface area is 252 Å². The number of thiazole rings is 1. The summed E-state index contributed by atoms with van der Waals surface area (Å²) in [5.41, 5.74) is 3.24. The van der Waals surface area contributed by atoms with Gasteiger partial charge in [-0.1, -0.05) is 60.7 Å². The molecule has 0 unspecified atom stereocenters. The molecule has 4 aromatic rings. The van der Waals surface area contributed by atoms with Crippen molar-refractivity contribution in [1.29, 1.82) is 0 Å². The lowest BCUT2D eigenvalue weighted by Crippen LogP contribution is -2.44. The molecular weight excluding hydrogens is 567 g/mol. The molecule has 7 nitrogen and oxygen atoms in total. The number of furan rings is 1. The molecule has 2 aromatic heterocycles. The van der Waals surface area contributed by atoms with E-state index in [1.807, 2.05) is 41.5 Å². The van der Waals surface area contributed by atoms with Crippen LogP contribution in [0.4, 0.5) is 9.93 Å². The highest BCUT2D eigenvalue weighted by molar-refractivity contribution is 7.14. The number of carbonyl (C=O) groups is 1. The minimum Gasteiger partial charge on any atom is -0.460 e. The van der Waals surface area contributed by atoms with Crippen LogP contribution in [0, 0.1) is 6.92 Å². The SMILES string of the molecule is Cc1ccc(-c2csc(NC(=O)N(CCC(c3ccccc3)c3ccccc3)CCN3CCOCC3)n2)o1.Cl.Cl. The third kappa shape index (κ3) is 8.56. The largest absolute Gasteiger partial charge is 0.460 e. The Morgan fingerprint density at radius 1 is 0.975 bits per heavy atom. The zero-order chi connectivity index (χ0) is 26.2. The van der Waals surface area contributed by atoms with Gasteiger partial charge in [-0.05, 0) is 36.6 Å². The molecule has 0 aliphatic carbocycles. The van der Waals surface area contributed by atoms with Crippen molar-refractivity contribution in [3.63, 3.8) is 0 Å². The Morgan fingerprint density at radius 3 is 2.23 bits per heavy atom. The lowest BCUT2D eigenvalue weighted by molar-refractivity contribution is 0.0351. The van der Waals surface area contributed by atoms with Crippen molar-refractivity contribution >= 4 is 47.3 Å². The number of anilines is 1. The highest BCUT2D eigenvalue weighted by Gasteiger charge is 2.21. The van der Waals surface area contributed by atoms with Gasteiger partial charge in [-0.3, -0.25) is 10.2 Å².